The number of hydrogen-bond donors (Lipinski definition) is 2. The summed E-state index contributed by atoms with van der Waals surface area (Å²) in [6.45, 7) is 0.630. The summed E-state index contributed by atoms with van der Waals surface area (Å²) in [5.74, 6) is 0.967. The summed E-state index contributed by atoms with van der Waals surface area (Å²) in [6, 6.07) is 6.21. The Bertz CT molecular complexity index is 436. The van der Waals surface area contributed by atoms with Crippen molar-refractivity contribution in [3.8, 4) is 0 Å². The molecule has 3 N–H and O–H groups in total. The second-order valence-electron chi connectivity index (χ2n) is 3.21. The van der Waals surface area contributed by atoms with Gasteiger partial charge >= 0.3 is 0 Å². The summed E-state index contributed by atoms with van der Waals surface area (Å²) in [6.07, 6.45) is 0.804. The molecule has 1 heterocycles. The van der Waals surface area contributed by atoms with E-state index >= 15 is 0 Å². The van der Waals surface area contributed by atoms with E-state index in [2.05, 4.69) is 38.0 Å². The third-order valence-electron chi connectivity index (χ3n) is 2.13. The van der Waals surface area contributed by atoms with Crippen molar-refractivity contribution in [2.45, 2.75) is 11.8 Å². The maximum atomic E-state index is 5.47. The highest BCUT2D eigenvalue weighted by Crippen LogP contribution is 2.15. The molecule has 2 rings (SSSR count). The van der Waals surface area contributed by atoms with Crippen molar-refractivity contribution in [1.82, 2.24) is 9.97 Å². The highest BCUT2D eigenvalue weighted by atomic mass is 79.9. The largest absolute Gasteiger partial charge is 0.342 e. The van der Waals surface area contributed by atoms with Crippen molar-refractivity contribution in [3.05, 3.63) is 29.6 Å². The second kappa shape index (κ2) is 4.11. The number of aromatic amines is 1. The summed E-state index contributed by atoms with van der Waals surface area (Å²) < 4.78 is 0. The first kappa shape index (κ1) is 9.68. The molecule has 0 saturated carbocycles. The first-order valence-corrected chi connectivity index (χ1v) is 5.69. The highest BCUT2D eigenvalue weighted by molar-refractivity contribution is 9.08. The van der Waals surface area contributed by atoms with Crippen LogP contribution in [0.1, 0.15) is 11.4 Å². The van der Waals surface area contributed by atoms with E-state index in [1.54, 1.807) is 0 Å². The van der Waals surface area contributed by atoms with E-state index in [4.69, 9.17) is 5.73 Å². The summed E-state index contributed by atoms with van der Waals surface area (Å²) in [7, 11) is 0. The van der Waals surface area contributed by atoms with Gasteiger partial charge in [-0.15, -0.1) is 0 Å². The fourth-order valence-corrected chi connectivity index (χ4v) is 1.80. The van der Waals surface area contributed by atoms with Gasteiger partial charge in [0.1, 0.15) is 5.82 Å². The molecule has 1 aromatic heterocycles. The van der Waals surface area contributed by atoms with E-state index in [0.29, 0.717) is 6.54 Å². The lowest BCUT2D eigenvalue weighted by Gasteiger charge is -1.93. The number of halogens is 1. The number of alkyl halides is 1. The molecule has 4 heteroatoms. The van der Waals surface area contributed by atoms with Gasteiger partial charge in [-0.3, -0.25) is 0 Å². The van der Waals surface area contributed by atoms with E-state index in [1.807, 2.05) is 6.07 Å². The molecule has 74 valence electrons. The summed E-state index contributed by atoms with van der Waals surface area (Å²) in [5.41, 5.74) is 8.82. The third-order valence-corrected chi connectivity index (χ3v) is 2.78. The van der Waals surface area contributed by atoms with E-state index < -0.39 is 0 Å². The summed E-state index contributed by atoms with van der Waals surface area (Å²) in [4.78, 5) is 7.69. The minimum atomic E-state index is 0.630. The van der Waals surface area contributed by atoms with Crippen LogP contribution in [0.4, 0.5) is 0 Å². The zero-order valence-corrected chi connectivity index (χ0v) is 9.34. The van der Waals surface area contributed by atoms with Crippen LogP contribution in [-0.4, -0.2) is 16.5 Å². The molecule has 3 nitrogen and oxygen atoms in total. The normalized spacial score (nSPS) is 11.0. The average molecular weight is 254 g/mol. The molecule has 0 amide bonds. The fraction of sp³-hybridized carbons (Fsp3) is 0.300. The number of hydrogen-bond acceptors (Lipinski definition) is 2. The predicted molar refractivity (Wildman–Crippen MR) is 61.5 cm³/mol. The molecule has 2 aromatic rings. The average Bonchev–Trinajstić information content (AvgIpc) is 2.59. The number of nitrogens with one attached hydrogen (secondary N) is 1. The van der Waals surface area contributed by atoms with Crippen molar-refractivity contribution >= 4 is 27.0 Å². The van der Waals surface area contributed by atoms with Crippen molar-refractivity contribution in [1.29, 1.82) is 0 Å². The van der Waals surface area contributed by atoms with Crippen LogP contribution in [0.3, 0.4) is 0 Å². The number of nitrogens with two attached hydrogens (primary N) is 1. The number of imidazole rings is 1. The van der Waals surface area contributed by atoms with Gasteiger partial charge in [0.05, 0.1) is 11.0 Å². The van der Waals surface area contributed by atoms with E-state index in [9.17, 15) is 0 Å². The Hall–Kier alpha value is -0.870. The zero-order valence-electron chi connectivity index (χ0n) is 7.76. The number of rotatable bonds is 3. The minimum absolute atomic E-state index is 0.630. The lowest BCUT2D eigenvalue weighted by atomic mass is 10.2. The van der Waals surface area contributed by atoms with Crippen LogP contribution in [0.25, 0.3) is 11.0 Å². The quantitative estimate of drug-likeness (QED) is 0.822. The van der Waals surface area contributed by atoms with Crippen LogP contribution in [0.2, 0.25) is 0 Å². The molecular formula is C10H12BrN3. The molecule has 0 aliphatic carbocycles. The molecule has 0 aliphatic heterocycles. The lowest BCUT2D eigenvalue weighted by molar-refractivity contribution is 0.900. The highest BCUT2D eigenvalue weighted by Gasteiger charge is 2.02. The number of H-pyrrole nitrogens is 1. The van der Waals surface area contributed by atoms with E-state index in [-0.39, 0.29) is 0 Å². The first-order chi connectivity index (χ1) is 6.83. The second-order valence-corrected chi connectivity index (χ2v) is 3.77. The molecule has 0 fully saturated rings. The SMILES string of the molecule is NCCc1nc2ccc(CBr)cc2[nH]1. The van der Waals surface area contributed by atoms with Gasteiger partial charge in [-0.2, -0.15) is 0 Å². The van der Waals surface area contributed by atoms with Crippen LogP contribution in [0.15, 0.2) is 18.2 Å². The monoisotopic (exact) mass is 253 g/mol. The molecule has 0 saturated heterocycles. The molecule has 1 aromatic carbocycles. The maximum Gasteiger partial charge on any atom is 0.108 e. The van der Waals surface area contributed by atoms with E-state index in [1.165, 1.54) is 5.56 Å². The Balaban J connectivity index is 2.43. The molecule has 0 bridgehead atoms. The van der Waals surface area contributed by atoms with Crippen molar-refractivity contribution in [2.75, 3.05) is 6.54 Å². The van der Waals surface area contributed by atoms with Gasteiger partial charge in [0.15, 0.2) is 0 Å². The van der Waals surface area contributed by atoms with Gasteiger partial charge in [-0.05, 0) is 24.2 Å². The topological polar surface area (TPSA) is 54.7 Å². The Morgan fingerprint density at radius 2 is 2.29 bits per heavy atom. The molecular weight excluding hydrogens is 242 g/mol. The summed E-state index contributed by atoms with van der Waals surface area (Å²) >= 11 is 3.43. The van der Waals surface area contributed by atoms with Crippen molar-refractivity contribution in [2.24, 2.45) is 5.73 Å². The molecule has 0 atom stereocenters. The standard InChI is InChI=1S/C10H12BrN3/c11-6-7-1-2-8-9(5-7)14-10(13-8)3-4-12/h1-2,5H,3-4,6,12H2,(H,13,14). The molecule has 0 radical (unpaired) electrons. The summed E-state index contributed by atoms with van der Waals surface area (Å²) in [5, 5.41) is 0.869. The van der Waals surface area contributed by atoms with Crippen molar-refractivity contribution in [3.63, 3.8) is 0 Å². The Kier molecular flexibility index (Phi) is 2.84. The van der Waals surface area contributed by atoms with Crippen LogP contribution in [0, 0.1) is 0 Å². The first-order valence-electron chi connectivity index (χ1n) is 4.57. The van der Waals surface area contributed by atoms with Gasteiger partial charge in [0.2, 0.25) is 0 Å². The van der Waals surface area contributed by atoms with Crippen LogP contribution < -0.4 is 5.73 Å². The van der Waals surface area contributed by atoms with Gasteiger partial charge in [0, 0.05) is 11.8 Å². The van der Waals surface area contributed by atoms with Crippen LogP contribution >= 0.6 is 15.9 Å². The van der Waals surface area contributed by atoms with Crippen LogP contribution in [0.5, 0.6) is 0 Å². The zero-order chi connectivity index (χ0) is 9.97. The Labute approximate surface area is 90.8 Å². The predicted octanol–water partition coefficient (Wildman–Crippen LogP) is 1.96. The molecule has 0 spiro atoms. The molecule has 0 unspecified atom stereocenters. The number of fused-ring (bicyclic) bond motifs is 1. The fourth-order valence-electron chi connectivity index (χ4n) is 1.45. The Morgan fingerprint density at radius 3 is 3.00 bits per heavy atom. The molecule has 0 aliphatic rings. The maximum absolute atomic E-state index is 5.47. The number of benzene rings is 1. The Morgan fingerprint density at radius 1 is 1.43 bits per heavy atom. The lowest BCUT2D eigenvalue weighted by Crippen LogP contribution is -2.03. The number of aromatic nitrogens is 2. The van der Waals surface area contributed by atoms with Gasteiger partial charge in [0.25, 0.3) is 0 Å². The van der Waals surface area contributed by atoms with Crippen molar-refractivity contribution < 1.29 is 0 Å². The minimum Gasteiger partial charge on any atom is -0.342 e. The van der Waals surface area contributed by atoms with Gasteiger partial charge in [-0.1, -0.05) is 22.0 Å². The third kappa shape index (κ3) is 1.81. The van der Waals surface area contributed by atoms with E-state index in [0.717, 1.165) is 28.6 Å². The van der Waals surface area contributed by atoms with Gasteiger partial charge < -0.3 is 10.7 Å². The van der Waals surface area contributed by atoms with Gasteiger partial charge in [-0.25, -0.2) is 4.98 Å². The molecule has 14 heavy (non-hydrogen) atoms. The number of nitrogens with zero attached hydrogens (tertiary/aromatic N) is 1. The smallest absolute Gasteiger partial charge is 0.108 e. The van der Waals surface area contributed by atoms with Crippen LogP contribution in [-0.2, 0) is 11.8 Å².